The number of fused-ring (bicyclic) bond motifs is 8. The van der Waals surface area contributed by atoms with Gasteiger partial charge in [0.2, 0.25) is 0 Å². The molecule has 4 heteroatoms. The van der Waals surface area contributed by atoms with Crippen molar-refractivity contribution in [2.24, 2.45) is 0 Å². The van der Waals surface area contributed by atoms with Gasteiger partial charge < -0.3 is 4.90 Å². The highest BCUT2D eigenvalue weighted by atomic mass is 15.3. The lowest BCUT2D eigenvalue weighted by atomic mass is 9.33. The minimum Gasteiger partial charge on any atom is -0.335 e. The fourth-order valence-corrected chi connectivity index (χ4v) is 10.0. The largest absolute Gasteiger partial charge is 0.335 e. The fourth-order valence-electron chi connectivity index (χ4n) is 10.0. The molecule has 1 aliphatic carbocycles. The average molecular weight is 636 g/mol. The highest BCUT2D eigenvalue weighted by Gasteiger charge is 2.61. The zero-order chi connectivity index (χ0) is 33.3. The van der Waals surface area contributed by atoms with Crippen molar-refractivity contribution in [1.82, 2.24) is 4.98 Å². The molecular formula is C45H42BN3. The Morgan fingerprint density at radius 1 is 0.714 bits per heavy atom. The summed E-state index contributed by atoms with van der Waals surface area (Å²) >= 11 is 0. The maximum absolute atomic E-state index is 5.68. The number of para-hydroxylation sites is 2. The van der Waals surface area contributed by atoms with E-state index in [0.717, 1.165) is 17.2 Å². The summed E-state index contributed by atoms with van der Waals surface area (Å²) in [5, 5.41) is 2.47. The minimum absolute atomic E-state index is 0.00720. The second kappa shape index (κ2) is 9.88. The maximum atomic E-state index is 5.68. The number of hydrogen-bond acceptors (Lipinski definition) is 3. The van der Waals surface area contributed by atoms with E-state index < -0.39 is 0 Å². The van der Waals surface area contributed by atoms with Gasteiger partial charge >= 0.3 is 0 Å². The molecule has 0 N–H and O–H groups in total. The van der Waals surface area contributed by atoms with Crippen LogP contribution in [0.2, 0.25) is 0 Å². The molecule has 49 heavy (non-hydrogen) atoms. The van der Waals surface area contributed by atoms with Crippen molar-refractivity contribution in [2.45, 2.75) is 76.7 Å². The lowest BCUT2D eigenvalue weighted by Gasteiger charge is -2.53. The van der Waals surface area contributed by atoms with Gasteiger partial charge in [-0.25, -0.2) is 4.98 Å². The van der Waals surface area contributed by atoms with E-state index in [2.05, 4.69) is 160 Å². The van der Waals surface area contributed by atoms with Gasteiger partial charge in [0.05, 0.1) is 11.2 Å². The molecule has 3 aliphatic heterocycles. The van der Waals surface area contributed by atoms with Crippen LogP contribution in [0, 0.1) is 0 Å². The van der Waals surface area contributed by atoms with Crippen LogP contribution in [0.15, 0.2) is 115 Å². The molecule has 2 atom stereocenters. The molecule has 10 rings (SSSR count). The Kier molecular flexibility index (Phi) is 5.87. The summed E-state index contributed by atoms with van der Waals surface area (Å²) in [5.41, 5.74) is 14.5. The smallest absolute Gasteiger partial charge is 0.254 e. The van der Waals surface area contributed by atoms with Crippen molar-refractivity contribution in [3.05, 3.63) is 126 Å². The van der Waals surface area contributed by atoms with Crippen molar-refractivity contribution in [3.8, 4) is 11.3 Å². The number of nitrogens with zero attached hydrogens (tertiary/aromatic N) is 3. The number of anilines is 5. The SMILES string of the molecule is CC(C)(C)c1cc2c3c(c1)N1c4c(cccc4C4(C)CCCCC14C)B3c1ccc(-c3cccc4ccccc34)nc1N2c1ccccc1. The van der Waals surface area contributed by atoms with Crippen LogP contribution in [0.25, 0.3) is 22.0 Å². The van der Waals surface area contributed by atoms with Crippen LogP contribution in [0.5, 0.6) is 0 Å². The van der Waals surface area contributed by atoms with Gasteiger partial charge in [0.25, 0.3) is 6.71 Å². The third-order valence-electron chi connectivity index (χ3n) is 12.7. The van der Waals surface area contributed by atoms with E-state index in [-0.39, 0.29) is 23.1 Å². The molecule has 240 valence electrons. The first-order chi connectivity index (χ1) is 23.7. The molecule has 5 aromatic carbocycles. The summed E-state index contributed by atoms with van der Waals surface area (Å²) in [5.74, 6) is 1.03. The molecule has 0 spiro atoms. The second-order valence-electron chi connectivity index (χ2n) is 16.3. The van der Waals surface area contributed by atoms with E-state index in [1.807, 2.05) is 0 Å². The van der Waals surface area contributed by atoms with Gasteiger partial charge in [0.15, 0.2) is 0 Å². The number of hydrogen-bond donors (Lipinski definition) is 0. The first-order valence-corrected chi connectivity index (χ1v) is 18.2. The Morgan fingerprint density at radius 2 is 1.45 bits per heavy atom. The van der Waals surface area contributed by atoms with E-state index in [1.165, 1.54) is 86.6 Å². The normalized spacial score (nSPS) is 21.7. The quantitative estimate of drug-likeness (QED) is 0.177. The Balaban J connectivity index is 1.32. The van der Waals surface area contributed by atoms with Gasteiger partial charge in [-0.15, -0.1) is 0 Å². The third kappa shape index (κ3) is 3.78. The van der Waals surface area contributed by atoms with Gasteiger partial charge in [-0.1, -0.05) is 125 Å². The molecule has 0 bridgehead atoms. The van der Waals surface area contributed by atoms with E-state index in [9.17, 15) is 0 Å². The van der Waals surface area contributed by atoms with Gasteiger partial charge in [-0.2, -0.15) is 0 Å². The van der Waals surface area contributed by atoms with E-state index >= 15 is 0 Å². The van der Waals surface area contributed by atoms with Gasteiger partial charge in [-0.3, -0.25) is 4.90 Å². The molecule has 4 heterocycles. The summed E-state index contributed by atoms with van der Waals surface area (Å²) in [6.45, 7) is 12.3. The van der Waals surface area contributed by atoms with Gasteiger partial charge in [-0.05, 0) is 93.8 Å². The molecule has 3 nitrogen and oxygen atoms in total. The van der Waals surface area contributed by atoms with E-state index in [0.29, 0.717) is 0 Å². The Bertz CT molecular complexity index is 2330. The molecular weight excluding hydrogens is 593 g/mol. The van der Waals surface area contributed by atoms with Crippen LogP contribution in [0.1, 0.15) is 71.4 Å². The van der Waals surface area contributed by atoms with Crippen molar-refractivity contribution >= 4 is 62.4 Å². The van der Waals surface area contributed by atoms with Crippen LogP contribution in [-0.4, -0.2) is 17.2 Å². The Morgan fingerprint density at radius 3 is 2.29 bits per heavy atom. The average Bonchev–Trinajstić information content (AvgIpc) is 3.33. The molecule has 1 saturated carbocycles. The first-order valence-electron chi connectivity index (χ1n) is 18.2. The van der Waals surface area contributed by atoms with Crippen LogP contribution in [-0.2, 0) is 10.8 Å². The molecule has 4 aliphatic rings. The van der Waals surface area contributed by atoms with Crippen molar-refractivity contribution < 1.29 is 0 Å². The highest BCUT2D eigenvalue weighted by Crippen LogP contribution is 2.61. The zero-order valence-corrected chi connectivity index (χ0v) is 29.2. The van der Waals surface area contributed by atoms with E-state index in [4.69, 9.17) is 4.98 Å². The van der Waals surface area contributed by atoms with E-state index in [1.54, 1.807) is 0 Å². The van der Waals surface area contributed by atoms with Crippen LogP contribution >= 0.6 is 0 Å². The van der Waals surface area contributed by atoms with Crippen LogP contribution < -0.4 is 26.2 Å². The number of rotatable bonds is 2. The summed E-state index contributed by atoms with van der Waals surface area (Å²) in [6.07, 6.45) is 4.99. The first kappa shape index (κ1) is 29.1. The molecule has 0 saturated heterocycles. The number of benzene rings is 5. The van der Waals surface area contributed by atoms with Crippen LogP contribution in [0.4, 0.5) is 28.6 Å². The third-order valence-corrected chi connectivity index (χ3v) is 12.7. The standard InChI is InChI=1S/C45H42BN3/c1-43(2,3)30-27-38-40-39(28-30)49-41-34(44(4)25-11-12-26-45(44,49)5)21-14-22-35(41)46(40)36-23-24-37(33-20-13-16-29-15-9-10-19-32(29)33)47-42(36)48(38)31-17-7-6-8-18-31/h6-10,13-24,27-28H,11-12,25-26H2,1-5H3. The predicted molar refractivity (Wildman–Crippen MR) is 208 cm³/mol. The van der Waals surface area contributed by atoms with Crippen molar-refractivity contribution in [1.29, 1.82) is 0 Å². The minimum atomic E-state index is -0.0296. The molecule has 1 fully saturated rings. The van der Waals surface area contributed by atoms with Gasteiger partial charge in [0, 0.05) is 33.7 Å². The Hall–Kier alpha value is -4.83. The molecule has 2 unspecified atom stereocenters. The number of pyridine rings is 1. The van der Waals surface area contributed by atoms with Gasteiger partial charge in [0.1, 0.15) is 5.82 Å². The topological polar surface area (TPSA) is 19.4 Å². The molecule has 0 radical (unpaired) electrons. The zero-order valence-electron chi connectivity index (χ0n) is 29.2. The number of aromatic nitrogens is 1. The Labute approximate surface area is 290 Å². The second-order valence-corrected chi connectivity index (χ2v) is 16.3. The summed E-state index contributed by atoms with van der Waals surface area (Å²) < 4.78 is 0. The summed E-state index contributed by atoms with van der Waals surface area (Å²) in [4.78, 5) is 11.0. The predicted octanol–water partition coefficient (Wildman–Crippen LogP) is 9.55. The van der Waals surface area contributed by atoms with Crippen molar-refractivity contribution in [3.63, 3.8) is 0 Å². The molecule has 6 aromatic rings. The fraction of sp³-hybridized carbons (Fsp3) is 0.267. The molecule has 0 amide bonds. The lowest BCUT2D eigenvalue weighted by molar-refractivity contribution is 0.195. The summed E-state index contributed by atoms with van der Waals surface area (Å²) in [6, 6.07) is 43.1. The summed E-state index contributed by atoms with van der Waals surface area (Å²) in [7, 11) is 0. The highest BCUT2D eigenvalue weighted by molar-refractivity contribution is 7.00. The van der Waals surface area contributed by atoms with Crippen molar-refractivity contribution in [2.75, 3.05) is 9.80 Å². The maximum Gasteiger partial charge on any atom is 0.254 e. The lowest BCUT2D eigenvalue weighted by Crippen LogP contribution is -2.64. The monoisotopic (exact) mass is 635 g/mol. The molecule has 1 aromatic heterocycles. The van der Waals surface area contributed by atoms with Crippen LogP contribution in [0.3, 0.4) is 0 Å².